The van der Waals surface area contributed by atoms with Crippen molar-refractivity contribution in [2.24, 2.45) is 0 Å². The first-order chi connectivity index (χ1) is 9.06. The van der Waals surface area contributed by atoms with Crippen LogP contribution >= 0.6 is 0 Å². The summed E-state index contributed by atoms with van der Waals surface area (Å²) in [5, 5.41) is 4.48. The molecule has 0 fully saturated rings. The zero-order valence-corrected chi connectivity index (χ0v) is 12.7. The lowest BCUT2D eigenvalue weighted by Gasteiger charge is -2.13. The van der Waals surface area contributed by atoms with E-state index in [9.17, 15) is 0 Å². The Morgan fingerprint density at radius 2 is 1.68 bits per heavy atom. The lowest BCUT2D eigenvalue weighted by Crippen LogP contribution is -2.00. The molecule has 0 radical (unpaired) electrons. The molecule has 0 N–H and O–H groups in total. The maximum absolute atomic E-state index is 4.48. The molecule has 1 aromatic heterocycles. The fourth-order valence-corrected chi connectivity index (χ4v) is 2.62. The predicted molar refractivity (Wildman–Crippen MR) is 81.5 cm³/mol. The summed E-state index contributed by atoms with van der Waals surface area (Å²) in [4.78, 5) is 0. The fourth-order valence-electron chi connectivity index (χ4n) is 2.62. The van der Waals surface area contributed by atoms with E-state index in [0.29, 0.717) is 6.04 Å². The van der Waals surface area contributed by atoms with E-state index in [-0.39, 0.29) is 0 Å². The standard InChI is InChI=1S/C17H24N2/c1-6-14-8-13(5)9-15(7-2)17(14)16-10-18-19(11-16)12(3)4/h8-12H,6-7H2,1-5H3. The summed E-state index contributed by atoms with van der Waals surface area (Å²) in [5.74, 6) is 0. The van der Waals surface area contributed by atoms with Gasteiger partial charge in [-0.2, -0.15) is 5.10 Å². The highest BCUT2D eigenvalue weighted by atomic mass is 15.3. The second-order valence-electron chi connectivity index (χ2n) is 5.47. The summed E-state index contributed by atoms with van der Waals surface area (Å²) in [6.45, 7) is 11.0. The van der Waals surface area contributed by atoms with Crippen LogP contribution in [0.2, 0.25) is 0 Å². The Hall–Kier alpha value is -1.57. The third-order valence-electron chi connectivity index (χ3n) is 3.63. The first-order valence-corrected chi connectivity index (χ1v) is 7.23. The molecule has 0 atom stereocenters. The molecule has 0 spiro atoms. The van der Waals surface area contributed by atoms with Crippen molar-refractivity contribution in [2.75, 3.05) is 0 Å². The monoisotopic (exact) mass is 256 g/mol. The molecule has 0 unspecified atom stereocenters. The van der Waals surface area contributed by atoms with Gasteiger partial charge in [-0.05, 0) is 50.3 Å². The SMILES string of the molecule is CCc1cc(C)cc(CC)c1-c1cnn(C(C)C)c1. The average Bonchev–Trinajstić information content (AvgIpc) is 2.86. The van der Waals surface area contributed by atoms with Crippen LogP contribution in [0.3, 0.4) is 0 Å². The molecule has 0 aliphatic heterocycles. The molecule has 0 aliphatic carbocycles. The van der Waals surface area contributed by atoms with Gasteiger partial charge in [0.25, 0.3) is 0 Å². The Kier molecular flexibility index (Phi) is 4.08. The van der Waals surface area contributed by atoms with Crippen molar-refractivity contribution in [3.05, 3.63) is 41.2 Å². The van der Waals surface area contributed by atoms with Gasteiger partial charge in [0.15, 0.2) is 0 Å². The lowest BCUT2D eigenvalue weighted by molar-refractivity contribution is 0.532. The average molecular weight is 256 g/mol. The predicted octanol–water partition coefficient (Wildman–Crippen LogP) is 4.56. The highest BCUT2D eigenvalue weighted by molar-refractivity contribution is 5.71. The van der Waals surface area contributed by atoms with Crippen molar-refractivity contribution in [2.45, 2.75) is 53.5 Å². The smallest absolute Gasteiger partial charge is 0.0568 e. The van der Waals surface area contributed by atoms with E-state index in [2.05, 4.69) is 58.0 Å². The molecule has 2 nitrogen and oxygen atoms in total. The van der Waals surface area contributed by atoms with E-state index in [1.54, 1.807) is 0 Å². The Balaban J connectivity index is 2.58. The zero-order chi connectivity index (χ0) is 14.0. The van der Waals surface area contributed by atoms with Gasteiger partial charge < -0.3 is 0 Å². The van der Waals surface area contributed by atoms with Gasteiger partial charge in [0.2, 0.25) is 0 Å². The summed E-state index contributed by atoms with van der Waals surface area (Å²) in [6, 6.07) is 5.02. The van der Waals surface area contributed by atoms with Crippen LogP contribution in [0.25, 0.3) is 11.1 Å². The topological polar surface area (TPSA) is 17.8 Å². The first kappa shape index (κ1) is 13.9. The molecule has 0 saturated heterocycles. The molecule has 2 rings (SSSR count). The van der Waals surface area contributed by atoms with Crippen molar-refractivity contribution < 1.29 is 0 Å². The van der Waals surface area contributed by atoms with E-state index in [4.69, 9.17) is 0 Å². The van der Waals surface area contributed by atoms with Crippen molar-refractivity contribution in [3.8, 4) is 11.1 Å². The molecular formula is C17H24N2. The molecule has 2 heteroatoms. The van der Waals surface area contributed by atoms with E-state index in [1.807, 2.05) is 10.9 Å². The molecule has 1 heterocycles. The van der Waals surface area contributed by atoms with E-state index in [0.717, 1.165) is 12.8 Å². The van der Waals surface area contributed by atoms with Crippen molar-refractivity contribution in [3.63, 3.8) is 0 Å². The lowest BCUT2D eigenvalue weighted by atomic mass is 9.91. The van der Waals surface area contributed by atoms with E-state index in [1.165, 1.54) is 27.8 Å². The van der Waals surface area contributed by atoms with E-state index >= 15 is 0 Å². The Morgan fingerprint density at radius 3 is 2.11 bits per heavy atom. The maximum Gasteiger partial charge on any atom is 0.0568 e. The van der Waals surface area contributed by atoms with Crippen molar-refractivity contribution >= 4 is 0 Å². The van der Waals surface area contributed by atoms with Gasteiger partial charge in [-0.1, -0.05) is 31.5 Å². The van der Waals surface area contributed by atoms with Crippen molar-refractivity contribution in [1.82, 2.24) is 9.78 Å². The molecule has 0 saturated carbocycles. The summed E-state index contributed by atoms with van der Waals surface area (Å²) >= 11 is 0. The Labute approximate surface area is 116 Å². The minimum atomic E-state index is 0.411. The van der Waals surface area contributed by atoms with Crippen LogP contribution in [-0.4, -0.2) is 9.78 Å². The number of aromatic nitrogens is 2. The number of hydrogen-bond donors (Lipinski definition) is 0. The molecule has 102 valence electrons. The Morgan fingerprint density at radius 1 is 1.11 bits per heavy atom. The fraction of sp³-hybridized carbons (Fsp3) is 0.471. The van der Waals surface area contributed by atoms with Crippen LogP contribution in [0.5, 0.6) is 0 Å². The molecular weight excluding hydrogens is 232 g/mol. The molecule has 19 heavy (non-hydrogen) atoms. The van der Waals surface area contributed by atoms with Gasteiger partial charge in [0.05, 0.1) is 6.20 Å². The highest BCUT2D eigenvalue weighted by Gasteiger charge is 2.12. The van der Waals surface area contributed by atoms with Gasteiger partial charge >= 0.3 is 0 Å². The molecule has 2 aromatic rings. The minimum absolute atomic E-state index is 0.411. The van der Waals surface area contributed by atoms with Crippen LogP contribution in [0, 0.1) is 6.92 Å². The summed E-state index contributed by atoms with van der Waals surface area (Å²) in [6.07, 6.45) is 6.31. The number of hydrogen-bond acceptors (Lipinski definition) is 1. The number of aryl methyl sites for hydroxylation is 3. The van der Waals surface area contributed by atoms with Gasteiger partial charge in [-0.25, -0.2) is 0 Å². The Bertz CT molecular complexity index is 539. The van der Waals surface area contributed by atoms with Gasteiger partial charge in [0.1, 0.15) is 0 Å². The number of benzene rings is 1. The van der Waals surface area contributed by atoms with Gasteiger partial charge in [-0.15, -0.1) is 0 Å². The largest absolute Gasteiger partial charge is 0.270 e. The van der Waals surface area contributed by atoms with Gasteiger partial charge in [0, 0.05) is 17.8 Å². The second-order valence-corrected chi connectivity index (χ2v) is 5.47. The summed E-state index contributed by atoms with van der Waals surface area (Å²) in [5.41, 5.74) is 6.86. The van der Waals surface area contributed by atoms with Crippen LogP contribution in [0.1, 0.15) is 50.4 Å². The number of nitrogens with zero attached hydrogens (tertiary/aromatic N) is 2. The van der Waals surface area contributed by atoms with E-state index < -0.39 is 0 Å². The van der Waals surface area contributed by atoms with Gasteiger partial charge in [-0.3, -0.25) is 4.68 Å². The second kappa shape index (κ2) is 5.60. The van der Waals surface area contributed by atoms with Crippen LogP contribution < -0.4 is 0 Å². The van der Waals surface area contributed by atoms with Crippen LogP contribution in [0.15, 0.2) is 24.5 Å². The van der Waals surface area contributed by atoms with Crippen LogP contribution in [0.4, 0.5) is 0 Å². The zero-order valence-electron chi connectivity index (χ0n) is 12.7. The summed E-state index contributed by atoms with van der Waals surface area (Å²) in [7, 11) is 0. The highest BCUT2D eigenvalue weighted by Crippen LogP contribution is 2.30. The quantitative estimate of drug-likeness (QED) is 0.784. The molecule has 1 aromatic carbocycles. The summed E-state index contributed by atoms with van der Waals surface area (Å²) < 4.78 is 2.04. The third-order valence-corrected chi connectivity index (χ3v) is 3.63. The molecule has 0 aliphatic rings. The van der Waals surface area contributed by atoms with Crippen LogP contribution in [-0.2, 0) is 12.8 Å². The number of rotatable bonds is 4. The third kappa shape index (κ3) is 2.73. The van der Waals surface area contributed by atoms with Crippen molar-refractivity contribution in [1.29, 1.82) is 0 Å². The maximum atomic E-state index is 4.48. The molecule has 0 bridgehead atoms. The normalized spacial score (nSPS) is 11.3. The first-order valence-electron chi connectivity index (χ1n) is 7.23. The minimum Gasteiger partial charge on any atom is -0.270 e. The molecule has 0 amide bonds.